The molecule has 1 aromatic rings. The molecule has 0 unspecified atom stereocenters. The van der Waals surface area contributed by atoms with Crippen LogP contribution in [-0.2, 0) is 9.53 Å². The van der Waals surface area contributed by atoms with Gasteiger partial charge in [-0.25, -0.2) is 0 Å². The van der Waals surface area contributed by atoms with E-state index in [4.69, 9.17) is 4.74 Å². The number of nitrogens with zero attached hydrogens (tertiary/aromatic N) is 1. The van der Waals surface area contributed by atoms with Crippen molar-refractivity contribution in [1.82, 2.24) is 5.32 Å². The maximum atomic E-state index is 11.7. The minimum absolute atomic E-state index is 0.0146. The van der Waals surface area contributed by atoms with Crippen molar-refractivity contribution >= 4 is 17.3 Å². The summed E-state index contributed by atoms with van der Waals surface area (Å²) in [6.07, 6.45) is 3.64. The number of carbonyl (C=O) groups is 1. The van der Waals surface area contributed by atoms with Gasteiger partial charge >= 0.3 is 0 Å². The van der Waals surface area contributed by atoms with Crippen LogP contribution in [0.4, 0.5) is 11.4 Å². The average Bonchev–Trinajstić information content (AvgIpc) is 3.35. The Morgan fingerprint density at radius 3 is 2.83 bits per heavy atom. The van der Waals surface area contributed by atoms with Crippen LogP contribution in [0, 0.1) is 16.0 Å². The Morgan fingerprint density at radius 1 is 1.30 bits per heavy atom. The number of hydrogen-bond donors (Lipinski definition) is 2. The van der Waals surface area contributed by atoms with Crippen LogP contribution in [0.5, 0.6) is 0 Å². The van der Waals surface area contributed by atoms with Gasteiger partial charge in [-0.1, -0.05) is 12.1 Å². The van der Waals surface area contributed by atoms with E-state index in [2.05, 4.69) is 10.6 Å². The van der Waals surface area contributed by atoms with Crippen molar-refractivity contribution < 1.29 is 14.5 Å². The zero-order chi connectivity index (χ0) is 16.5. The molecule has 1 aliphatic rings. The minimum atomic E-state index is -0.440. The molecule has 1 amide bonds. The summed E-state index contributed by atoms with van der Waals surface area (Å²) in [7, 11) is 0. The normalized spacial score (nSPS) is 13.6. The van der Waals surface area contributed by atoms with Crippen LogP contribution in [0.15, 0.2) is 24.3 Å². The van der Waals surface area contributed by atoms with Crippen LogP contribution in [-0.4, -0.2) is 37.1 Å². The first-order valence-corrected chi connectivity index (χ1v) is 7.98. The second-order valence-electron chi connectivity index (χ2n) is 5.67. The zero-order valence-electron chi connectivity index (χ0n) is 13.1. The number of rotatable bonds is 11. The highest BCUT2D eigenvalue weighted by atomic mass is 16.6. The average molecular weight is 321 g/mol. The zero-order valence-corrected chi connectivity index (χ0v) is 13.1. The van der Waals surface area contributed by atoms with Gasteiger partial charge in [-0.15, -0.1) is 0 Å². The first-order chi connectivity index (χ1) is 11.2. The Balaban J connectivity index is 1.54. The Labute approximate surface area is 135 Å². The lowest BCUT2D eigenvalue weighted by Gasteiger charge is -2.08. The van der Waals surface area contributed by atoms with Crippen LogP contribution >= 0.6 is 0 Å². The number of ether oxygens (including phenoxy) is 1. The lowest BCUT2D eigenvalue weighted by molar-refractivity contribution is -0.384. The van der Waals surface area contributed by atoms with E-state index >= 15 is 0 Å². The number of carbonyl (C=O) groups excluding carboxylic acids is 1. The van der Waals surface area contributed by atoms with Crippen LogP contribution < -0.4 is 10.6 Å². The summed E-state index contributed by atoms with van der Waals surface area (Å²) < 4.78 is 5.49. The largest absolute Gasteiger partial charge is 0.381 e. The van der Waals surface area contributed by atoms with E-state index < -0.39 is 4.92 Å². The Morgan fingerprint density at radius 2 is 2.09 bits per heavy atom. The molecule has 0 saturated heterocycles. The number of benzene rings is 1. The molecule has 7 heteroatoms. The van der Waals surface area contributed by atoms with Crippen molar-refractivity contribution in [2.24, 2.45) is 5.92 Å². The van der Waals surface area contributed by atoms with Crippen molar-refractivity contribution in [1.29, 1.82) is 0 Å². The molecule has 0 aliphatic heterocycles. The van der Waals surface area contributed by atoms with E-state index in [1.54, 1.807) is 18.2 Å². The van der Waals surface area contributed by atoms with Crippen molar-refractivity contribution in [2.75, 3.05) is 31.6 Å². The number of para-hydroxylation sites is 2. The van der Waals surface area contributed by atoms with Crippen molar-refractivity contribution in [2.45, 2.75) is 25.7 Å². The predicted octanol–water partition coefficient (Wildman–Crippen LogP) is 2.33. The number of nitro benzene ring substituents is 1. The molecule has 0 radical (unpaired) electrons. The Hall–Kier alpha value is -2.15. The number of amides is 1. The molecule has 2 rings (SSSR count). The van der Waals surface area contributed by atoms with Crippen molar-refractivity contribution in [3.8, 4) is 0 Å². The van der Waals surface area contributed by atoms with Gasteiger partial charge < -0.3 is 15.4 Å². The summed E-state index contributed by atoms with van der Waals surface area (Å²) in [6, 6.07) is 6.40. The van der Waals surface area contributed by atoms with Crippen molar-refractivity contribution in [3.63, 3.8) is 0 Å². The van der Waals surface area contributed by atoms with Crippen LogP contribution in [0.25, 0.3) is 0 Å². The highest BCUT2D eigenvalue weighted by Gasteiger charge is 2.20. The summed E-state index contributed by atoms with van der Waals surface area (Å²) >= 11 is 0. The van der Waals surface area contributed by atoms with Gasteiger partial charge in [0.2, 0.25) is 5.91 Å². The smallest absolute Gasteiger partial charge is 0.292 e. The molecule has 0 bridgehead atoms. The highest BCUT2D eigenvalue weighted by Crippen LogP contribution is 2.28. The molecule has 2 N–H and O–H groups in total. The summed E-state index contributed by atoms with van der Waals surface area (Å²) in [5.41, 5.74) is 0.444. The molecule has 1 aliphatic carbocycles. The predicted molar refractivity (Wildman–Crippen MR) is 87.4 cm³/mol. The van der Waals surface area contributed by atoms with E-state index in [9.17, 15) is 14.9 Å². The summed E-state index contributed by atoms with van der Waals surface area (Å²) in [5.74, 6) is 0.691. The molecule has 23 heavy (non-hydrogen) atoms. The van der Waals surface area contributed by atoms with Gasteiger partial charge in [-0.2, -0.15) is 0 Å². The number of anilines is 1. The molecule has 0 aromatic heterocycles. The first-order valence-electron chi connectivity index (χ1n) is 7.98. The molecule has 1 aromatic carbocycles. The van der Waals surface area contributed by atoms with Gasteiger partial charge in [0, 0.05) is 38.8 Å². The molecule has 0 atom stereocenters. The van der Waals surface area contributed by atoms with E-state index in [1.807, 2.05) is 0 Å². The lowest BCUT2D eigenvalue weighted by atomic mass is 10.2. The standard InChI is InChI=1S/C16H23N3O4/c20-16(18-9-3-11-23-12-13-6-7-13)8-10-17-14-4-1-2-5-15(14)19(21)22/h1-2,4-5,13,17H,3,6-12H2,(H,18,20). The van der Waals surface area contributed by atoms with Gasteiger partial charge in [0.1, 0.15) is 5.69 Å². The third-order valence-electron chi connectivity index (χ3n) is 3.61. The van der Waals surface area contributed by atoms with Gasteiger partial charge in [-0.05, 0) is 31.2 Å². The fourth-order valence-corrected chi connectivity index (χ4v) is 2.12. The summed E-state index contributed by atoms with van der Waals surface area (Å²) in [6.45, 7) is 2.46. The fourth-order valence-electron chi connectivity index (χ4n) is 2.12. The molecule has 1 fully saturated rings. The molecule has 126 valence electrons. The van der Waals surface area contributed by atoms with E-state index in [1.165, 1.54) is 18.9 Å². The van der Waals surface area contributed by atoms with Crippen LogP contribution in [0.2, 0.25) is 0 Å². The van der Waals surface area contributed by atoms with Crippen molar-refractivity contribution in [3.05, 3.63) is 34.4 Å². The number of hydrogen-bond acceptors (Lipinski definition) is 5. The maximum Gasteiger partial charge on any atom is 0.292 e. The quantitative estimate of drug-likeness (QED) is 0.371. The number of nitro groups is 1. The molecule has 1 saturated carbocycles. The summed E-state index contributed by atoms with van der Waals surface area (Å²) in [5, 5.41) is 16.6. The Kier molecular flexibility index (Phi) is 6.80. The van der Waals surface area contributed by atoms with Gasteiger partial charge in [0.25, 0.3) is 5.69 Å². The Bertz CT molecular complexity index is 532. The van der Waals surface area contributed by atoms with E-state index in [-0.39, 0.29) is 18.0 Å². The molecular formula is C16H23N3O4. The number of nitrogens with one attached hydrogen (secondary N) is 2. The molecule has 0 heterocycles. The van der Waals surface area contributed by atoms with Crippen LogP contribution in [0.1, 0.15) is 25.7 Å². The highest BCUT2D eigenvalue weighted by molar-refractivity contribution is 5.76. The molecule has 7 nitrogen and oxygen atoms in total. The minimum Gasteiger partial charge on any atom is -0.381 e. The van der Waals surface area contributed by atoms with Gasteiger partial charge in [0.15, 0.2) is 0 Å². The van der Waals surface area contributed by atoms with Gasteiger partial charge in [0.05, 0.1) is 4.92 Å². The second kappa shape index (κ2) is 9.09. The topological polar surface area (TPSA) is 93.5 Å². The van der Waals surface area contributed by atoms with Gasteiger partial charge in [-0.3, -0.25) is 14.9 Å². The second-order valence-corrected chi connectivity index (χ2v) is 5.67. The van der Waals surface area contributed by atoms with Crippen LogP contribution in [0.3, 0.4) is 0 Å². The SMILES string of the molecule is O=C(CCNc1ccccc1[N+](=O)[O-])NCCCOCC1CC1. The fraction of sp³-hybridized carbons (Fsp3) is 0.562. The lowest BCUT2D eigenvalue weighted by Crippen LogP contribution is -2.27. The first kappa shape index (κ1) is 17.2. The van der Waals surface area contributed by atoms with E-state index in [0.717, 1.165) is 18.9 Å². The monoisotopic (exact) mass is 321 g/mol. The maximum absolute atomic E-state index is 11.7. The third-order valence-corrected chi connectivity index (χ3v) is 3.61. The van der Waals surface area contributed by atoms with E-state index in [0.29, 0.717) is 25.4 Å². The molecule has 0 spiro atoms. The summed E-state index contributed by atoms with van der Waals surface area (Å²) in [4.78, 5) is 22.1. The molecular weight excluding hydrogens is 298 g/mol. The third kappa shape index (κ3) is 6.65.